The van der Waals surface area contributed by atoms with E-state index >= 15 is 0 Å². The third-order valence-electron chi connectivity index (χ3n) is 4.68. The van der Waals surface area contributed by atoms with E-state index in [1.807, 2.05) is 0 Å². The summed E-state index contributed by atoms with van der Waals surface area (Å²) in [5.41, 5.74) is 1.40. The summed E-state index contributed by atoms with van der Waals surface area (Å²) in [7, 11) is 3.80. The molecule has 126 valence electrons. The third kappa shape index (κ3) is 4.17. The van der Waals surface area contributed by atoms with Crippen LogP contribution >= 0.6 is 12.4 Å². The Kier molecular flexibility index (Phi) is 6.70. The number of nitrogens with zero attached hydrogens (tertiary/aromatic N) is 1. The van der Waals surface area contributed by atoms with Crippen LogP contribution in [0.15, 0.2) is 36.4 Å². The van der Waals surface area contributed by atoms with Gasteiger partial charge in [-0.3, -0.25) is 4.90 Å². The number of fused-ring (bicyclic) bond motifs is 1. The molecule has 1 N–H and O–H groups in total. The lowest BCUT2D eigenvalue weighted by atomic mass is 9.96. The van der Waals surface area contributed by atoms with Crippen molar-refractivity contribution in [1.29, 1.82) is 0 Å². The molecule has 1 atom stereocenters. The zero-order chi connectivity index (χ0) is 15.4. The SMILES string of the molecule is CNCC1CCCN(Cc2ccc(OC)c3ccccc23)C1.Cl. The number of nitrogens with one attached hydrogen (secondary N) is 1. The van der Waals surface area contributed by atoms with Gasteiger partial charge in [0.1, 0.15) is 5.75 Å². The fourth-order valence-electron chi connectivity index (χ4n) is 3.64. The predicted octanol–water partition coefficient (Wildman–Crippen LogP) is 3.70. The first-order valence-corrected chi connectivity index (χ1v) is 8.23. The molecule has 0 saturated carbocycles. The number of hydrogen-bond donors (Lipinski definition) is 1. The number of methoxy groups -OCH3 is 1. The monoisotopic (exact) mass is 334 g/mol. The summed E-state index contributed by atoms with van der Waals surface area (Å²) < 4.78 is 5.50. The largest absolute Gasteiger partial charge is 0.496 e. The van der Waals surface area contributed by atoms with Gasteiger partial charge in [0.25, 0.3) is 0 Å². The Morgan fingerprint density at radius 2 is 1.96 bits per heavy atom. The van der Waals surface area contributed by atoms with E-state index in [1.165, 1.54) is 42.3 Å². The number of benzene rings is 2. The van der Waals surface area contributed by atoms with Gasteiger partial charge in [0.15, 0.2) is 0 Å². The molecule has 3 rings (SSSR count). The lowest BCUT2D eigenvalue weighted by Crippen LogP contribution is -2.38. The molecule has 1 aliphatic heterocycles. The molecule has 0 bridgehead atoms. The zero-order valence-electron chi connectivity index (χ0n) is 14.0. The number of hydrogen-bond acceptors (Lipinski definition) is 3. The molecule has 1 fully saturated rings. The number of ether oxygens (including phenoxy) is 1. The first-order valence-electron chi connectivity index (χ1n) is 8.23. The van der Waals surface area contributed by atoms with E-state index in [1.54, 1.807) is 7.11 Å². The van der Waals surface area contributed by atoms with Gasteiger partial charge in [0.2, 0.25) is 0 Å². The van der Waals surface area contributed by atoms with E-state index in [-0.39, 0.29) is 12.4 Å². The fourth-order valence-corrected chi connectivity index (χ4v) is 3.64. The van der Waals surface area contributed by atoms with Gasteiger partial charge in [0, 0.05) is 18.5 Å². The molecule has 1 saturated heterocycles. The Balaban J connectivity index is 0.00000192. The van der Waals surface area contributed by atoms with Gasteiger partial charge in [-0.2, -0.15) is 0 Å². The van der Waals surface area contributed by atoms with Crippen molar-refractivity contribution in [3.63, 3.8) is 0 Å². The summed E-state index contributed by atoms with van der Waals surface area (Å²) in [5.74, 6) is 1.74. The molecule has 2 aromatic carbocycles. The van der Waals surface area contributed by atoms with E-state index in [0.29, 0.717) is 0 Å². The Labute approximate surface area is 145 Å². The van der Waals surface area contributed by atoms with E-state index in [2.05, 4.69) is 53.7 Å². The van der Waals surface area contributed by atoms with Crippen molar-refractivity contribution in [2.75, 3.05) is 33.8 Å². The van der Waals surface area contributed by atoms with Crippen LogP contribution in [0.2, 0.25) is 0 Å². The minimum absolute atomic E-state index is 0. The summed E-state index contributed by atoms with van der Waals surface area (Å²) in [6.07, 6.45) is 2.65. The van der Waals surface area contributed by atoms with Crippen molar-refractivity contribution in [1.82, 2.24) is 10.2 Å². The van der Waals surface area contributed by atoms with Gasteiger partial charge in [0.05, 0.1) is 7.11 Å². The van der Waals surface area contributed by atoms with E-state index in [9.17, 15) is 0 Å². The zero-order valence-corrected chi connectivity index (χ0v) is 14.9. The van der Waals surface area contributed by atoms with Crippen LogP contribution in [0.4, 0.5) is 0 Å². The van der Waals surface area contributed by atoms with Crippen molar-refractivity contribution >= 4 is 23.2 Å². The van der Waals surface area contributed by atoms with Gasteiger partial charge in [-0.05, 0) is 55.9 Å². The summed E-state index contributed by atoms with van der Waals surface area (Å²) in [5, 5.41) is 5.85. The summed E-state index contributed by atoms with van der Waals surface area (Å²) >= 11 is 0. The topological polar surface area (TPSA) is 24.5 Å². The second-order valence-electron chi connectivity index (χ2n) is 6.27. The quantitative estimate of drug-likeness (QED) is 0.902. The fraction of sp³-hybridized carbons (Fsp3) is 0.474. The Hall–Kier alpha value is -1.29. The van der Waals surface area contributed by atoms with Gasteiger partial charge >= 0.3 is 0 Å². The standard InChI is InChI=1S/C19H26N2O.ClH/c1-20-12-15-6-5-11-21(13-15)14-16-9-10-19(22-2)18-8-4-3-7-17(16)18;/h3-4,7-10,15,20H,5-6,11-14H2,1-2H3;1H. The lowest BCUT2D eigenvalue weighted by Gasteiger charge is -2.33. The molecule has 2 aromatic rings. The second-order valence-corrected chi connectivity index (χ2v) is 6.27. The van der Waals surface area contributed by atoms with Crippen LogP contribution in [0.5, 0.6) is 5.75 Å². The molecular weight excluding hydrogens is 308 g/mol. The molecule has 0 spiro atoms. The number of likely N-dealkylation sites (tertiary alicyclic amines) is 1. The molecule has 0 radical (unpaired) electrons. The minimum Gasteiger partial charge on any atom is -0.496 e. The highest BCUT2D eigenvalue weighted by atomic mass is 35.5. The molecule has 0 amide bonds. The minimum atomic E-state index is 0. The maximum Gasteiger partial charge on any atom is 0.126 e. The van der Waals surface area contributed by atoms with Crippen molar-refractivity contribution in [2.24, 2.45) is 5.92 Å². The molecule has 1 aliphatic rings. The van der Waals surface area contributed by atoms with Crippen LogP contribution in [-0.2, 0) is 6.54 Å². The smallest absolute Gasteiger partial charge is 0.126 e. The second kappa shape index (κ2) is 8.53. The van der Waals surface area contributed by atoms with Crippen LogP contribution in [0.3, 0.4) is 0 Å². The number of halogens is 1. The highest BCUT2D eigenvalue weighted by Gasteiger charge is 2.20. The van der Waals surface area contributed by atoms with Crippen LogP contribution < -0.4 is 10.1 Å². The molecule has 1 heterocycles. The van der Waals surface area contributed by atoms with Crippen molar-refractivity contribution in [2.45, 2.75) is 19.4 Å². The first-order chi connectivity index (χ1) is 10.8. The van der Waals surface area contributed by atoms with Gasteiger partial charge in [-0.1, -0.05) is 30.3 Å². The van der Waals surface area contributed by atoms with Crippen molar-refractivity contribution in [3.8, 4) is 5.75 Å². The summed E-state index contributed by atoms with van der Waals surface area (Å²) in [4.78, 5) is 2.60. The summed E-state index contributed by atoms with van der Waals surface area (Å²) in [6.45, 7) is 4.56. The molecule has 23 heavy (non-hydrogen) atoms. The van der Waals surface area contributed by atoms with E-state index in [4.69, 9.17) is 4.74 Å². The van der Waals surface area contributed by atoms with E-state index in [0.717, 1.165) is 24.8 Å². The normalized spacial score (nSPS) is 18.6. The van der Waals surface area contributed by atoms with Crippen molar-refractivity contribution in [3.05, 3.63) is 42.0 Å². The van der Waals surface area contributed by atoms with Crippen LogP contribution in [0.1, 0.15) is 18.4 Å². The van der Waals surface area contributed by atoms with Crippen LogP contribution in [-0.4, -0.2) is 38.7 Å². The lowest BCUT2D eigenvalue weighted by molar-refractivity contribution is 0.167. The number of rotatable bonds is 5. The van der Waals surface area contributed by atoms with Crippen molar-refractivity contribution < 1.29 is 4.74 Å². The molecule has 0 aromatic heterocycles. The molecule has 4 heteroatoms. The highest BCUT2D eigenvalue weighted by molar-refractivity contribution is 5.91. The average molecular weight is 335 g/mol. The Bertz CT molecular complexity index is 630. The first kappa shape index (κ1) is 18.1. The molecular formula is C19H27ClN2O. The Morgan fingerprint density at radius 3 is 2.70 bits per heavy atom. The maximum absolute atomic E-state index is 5.50. The summed E-state index contributed by atoms with van der Waals surface area (Å²) in [6, 6.07) is 12.9. The third-order valence-corrected chi connectivity index (χ3v) is 4.68. The van der Waals surface area contributed by atoms with Gasteiger partial charge in [-0.15, -0.1) is 12.4 Å². The highest BCUT2D eigenvalue weighted by Crippen LogP contribution is 2.29. The molecule has 0 aliphatic carbocycles. The average Bonchev–Trinajstić information content (AvgIpc) is 2.56. The molecule has 3 nitrogen and oxygen atoms in total. The van der Waals surface area contributed by atoms with Gasteiger partial charge < -0.3 is 10.1 Å². The van der Waals surface area contributed by atoms with Crippen LogP contribution in [0, 0.1) is 5.92 Å². The number of piperidine rings is 1. The van der Waals surface area contributed by atoms with E-state index < -0.39 is 0 Å². The predicted molar refractivity (Wildman–Crippen MR) is 99.7 cm³/mol. The van der Waals surface area contributed by atoms with Gasteiger partial charge in [-0.25, -0.2) is 0 Å². The van der Waals surface area contributed by atoms with Crippen LogP contribution in [0.25, 0.3) is 10.8 Å². The molecule has 1 unspecified atom stereocenters. The maximum atomic E-state index is 5.50. The Morgan fingerprint density at radius 1 is 1.17 bits per heavy atom.